The molecule has 2 rings (SSSR count). The summed E-state index contributed by atoms with van der Waals surface area (Å²) in [5.74, 6) is 1.19. The normalized spacial score (nSPS) is 27.5. The van der Waals surface area contributed by atoms with Gasteiger partial charge in [-0.05, 0) is 37.7 Å². The Morgan fingerprint density at radius 2 is 2.15 bits per heavy atom. The van der Waals surface area contributed by atoms with Gasteiger partial charge in [0.1, 0.15) is 5.84 Å². The van der Waals surface area contributed by atoms with Gasteiger partial charge >= 0.3 is 0 Å². The molecule has 0 aromatic heterocycles. The molecular formula is C10H15IN2. The minimum atomic E-state index is 0.437. The van der Waals surface area contributed by atoms with Gasteiger partial charge in [0.05, 0.1) is 0 Å². The summed E-state index contributed by atoms with van der Waals surface area (Å²) < 4.78 is 1.16. The quantitative estimate of drug-likeness (QED) is 0.595. The summed E-state index contributed by atoms with van der Waals surface area (Å²) in [7, 11) is 0. The Morgan fingerprint density at radius 3 is 2.92 bits per heavy atom. The van der Waals surface area contributed by atoms with Crippen molar-refractivity contribution in [3.05, 3.63) is 11.3 Å². The molecular weight excluding hydrogens is 275 g/mol. The van der Waals surface area contributed by atoms with Crippen molar-refractivity contribution in [2.75, 3.05) is 4.43 Å². The van der Waals surface area contributed by atoms with Crippen LogP contribution in [0.25, 0.3) is 0 Å². The molecule has 1 aliphatic heterocycles. The molecule has 3 heteroatoms. The van der Waals surface area contributed by atoms with Crippen LogP contribution in [0.5, 0.6) is 0 Å². The standard InChI is InChI=1S/C10H15IN2/c11-6-5-8-7-3-1-2-4-9(7)13-10(8)12/h8H,1-6H2,(H2,12,13). The second kappa shape index (κ2) is 3.98. The molecule has 1 unspecified atom stereocenters. The smallest absolute Gasteiger partial charge is 0.105 e. The Kier molecular flexibility index (Phi) is 2.91. The van der Waals surface area contributed by atoms with E-state index in [0.29, 0.717) is 5.92 Å². The van der Waals surface area contributed by atoms with Crippen molar-refractivity contribution >= 4 is 28.4 Å². The molecule has 2 nitrogen and oxygen atoms in total. The van der Waals surface area contributed by atoms with Crippen molar-refractivity contribution in [3.63, 3.8) is 0 Å². The maximum Gasteiger partial charge on any atom is 0.105 e. The lowest BCUT2D eigenvalue weighted by molar-refractivity contribution is 0.626. The number of nitrogens with one attached hydrogen (secondary N) is 2. The molecule has 1 heterocycles. The van der Waals surface area contributed by atoms with Gasteiger partial charge in [-0.3, -0.25) is 5.41 Å². The third-order valence-electron chi connectivity index (χ3n) is 2.96. The molecule has 1 aliphatic carbocycles. The van der Waals surface area contributed by atoms with Crippen molar-refractivity contribution in [2.45, 2.75) is 32.1 Å². The molecule has 2 N–H and O–H groups in total. The van der Waals surface area contributed by atoms with Crippen LogP contribution < -0.4 is 5.32 Å². The van der Waals surface area contributed by atoms with Crippen LogP contribution in [0, 0.1) is 11.3 Å². The largest absolute Gasteiger partial charge is 0.347 e. The van der Waals surface area contributed by atoms with Gasteiger partial charge in [-0.25, -0.2) is 0 Å². The molecule has 0 aromatic carbocycles. The number of alkyl halides is 1. The van der Waals surface area contributed by atoms with E-state index in [1.54, 1.807) is 5.57 Å². The summed E-state index contributed by atoms with van der Waals surface area (Å²) in [4.78, 5) is 0. The Bertz CT molecular complexity index is 258. The Hall–Kier alpha value is -0.0600. The second-order valence-electron chi connectivity index (χ2n) is 3.78. The molecule has 0 aromatic rings. The SMILES string of the molecule is N=C1NC2=C(CCCC2)C1CCI. The second-order valence-corrected chi connectivity index (χ2v) is 4.86. The summed E-state index contributed by atoms with van der Waals surface area (Å²) in [5, 5.41) is 11.1. The summed E-state index contributed by atoms with van der Waals surface area (Å²) in [5.41, 5.74) is 2.93. The van der Waals surface area contributed by atoms with E-state index in [0.717, 1.165) is 16.7 Å². The fraction of sp³-hybridized carbons (Fsp3) is 0.700. The Balaban J connectivity index is 2.16. The molecule has 0 saturated carbocycles. The zero-order valence-electron chi connectivity index (χ0n) is 7.70. The van der Waals surface area contributed by atoms with Gasteiger partial charge in [0.25, 0.3) is 0 Å². The summed E-state index contributed by atoms with van der Waals surface area (Å²) in [6, 6.07) is 0. The first kappa shape index (κ1) is 9.49. The van der Waals surface area contributed by atoms with Gasteiger partial charge in [-0.2, -0.15) is 0 Å². The first-order valence-electron chi connectivity index (χ1n) is 4.96. The lowest BCUT2D eigenvalue weighted by Crippen LogP contribution is -2.20. The summed E-state index contributed by atoms with van der Waals surface area (Å²) in [6.45, 7) is 0. The van der Waals surface area contributed by atoms with Crippen LogP contribution in [0.1, 0.15) is 32.1 Å². The lowest BCUT2D eigenvalue weighted by Gasteiger charge is -2.16. The van der Waals surface area contributed by atoms with Crippen LogP contribution in [-0.4, -0.2) is 10.3 Å². The van der Waals surface area contributed by atoms with E-state index < -0.39 is 0 Å². The van der Waals surface area contributed by atoms with E-state index in [-0.39, 0.29) is 0 Å². The maximum atomic E-state index is 7.85. The van der Waals surface area contributed by atoms with Crippen LogP contribution >= 0.6 is 22.6 Å². The van der Waals surface area contributed by atoms with E-state index in [1.165, 1.54) is 31.4 Å². The van der Waals surface area contributed by atoms with Crippen molar-refractivity contribution in [3.8, 4) is 0 Å². The predicted molar refractivity (Wildman–Crippen MR) is 63.4 cm³/mol. The zero-order chi connectivity index (χ0) is 9.26. The fourth-order valence-corrected chi connectivity index (χ4v) is 2.93. The molecule has 0 saturated heterocycles. The Morgan fingerprint density at radius 1 is 1.38 bits per heavy atom. The third kappa shape index (κ3) is 1.75. The molecule has 2 aliphatic rings. The van der Waals surface area contributed by atoms with Crippen molar-refractivity contribution in [2.24, 2.45) is 5.92 Å². The van der Waals surface area contributed by atoms with Gasteiger partial charge in [0.15, 0.2) is 0 Å². The highest BCUT2D eigenvalue weighted by Crippen LogP contribution is 2.35. The van der Waals surface area contributed by atoms with Gasteiger partial charge in [-0.1, -0.05) is 22.6 Å². The molecule has 13 heavy (non-hydrogen) atoms. The van der Waals surface area contributed by atoms with Crippen LogP contribution in [0.3, 0.4) is 0 Å². The zero-order valence-corrected chi connectivity index (χ0v) is 9.86. The molecule has 0 amide bonds. The van der Waals surface area contributed by atoms with Crippen LogP contribution in [0.4, 0.5) is 0 Å². The third-order valence-corrected chi connectivity index (χ3v) is 3.59. The van der Waals surface area contributed by atoms with E-state index in [4.69, 9.17) is 5.41 Å². The number of hydrogen-bond acceptors (Lipinski definition) is 1. The highest BCUT2D eigenvalue weighted by atomic mass is 127. The van der Waals surface area contributed by atoms with Gasteiger partial charge < -0.3 is 5.32 Å². The first-order valence-corrected chi connectivity index (χ1v) is 6.49. The van der Waals surface area contributed by atoms with Gasteiger partial charge in [0, 0.05) is 16.0 Å². The average molecular weight is 290 g/mol. The fourth-order valence-electron chi connectivity index (χ4n) is 2.31. The topological polar surface area (TPSA) is 35.9 Å². The van der Waals surface area contributed by atoms with Crippen molar-refractivity contribution < 1.29 is 0 Å². The number of hydrogen-bond donors (Lipinski definition) is 2. The molecule has 72 valence electrons. The molecule has 0 spiro atoms. The number of amidine groups is 1. The van der Waals surface area contributed by atoms with Crippen LogP contribution in [0.15, 0.2) is 11.3 Å². The average Bonchev–Trinajstić information content (AvgIpc) is 2.44. The van der Waals surface area contributed by atoms with Crippen molar-refractivity contribution in [1.29, 1.82) is 5.41 Å². The van der Waals surface area contributed by atoms with E-state index in [2.05, 4.69) is 27.9 Å². The molecule has 0 bridgehead atoms. The van der Waals surface area contributed by atoms with Crippen LogP contribution in [0.2, 0.25) is 0 Å². The highest BCUT2D eigenvalue weighted by Gasteiger charge is 2.30. The van der Waals surface area contributed by atoms with E-state index in [9.17, 15) is 0 Å². The minimum absolute atomic E-state index is 0.437. The predicted octanol–water partition coefficient (Wildman–Crippen LogP) is 2.84. The maximum absolute atomic E-state index is 7.85. The monoisotopic (exact) mass is 290 g/mol. The van der Waals surface area contributed by atoms with Crippen LogP contribution in [-0.2, 0) is 0 Å². The van der Waals surface area contributed by atoms with Gasteiger partial charge in [-0.15, -0.1) is 0 Å². The van der Waals surface area contributed by atoms with E-state index >= 15 is 0 Å². The lowest BCUT2D eigenvalue weighted by atomic mass is 9.88. The number of halogens is 1. The molecule has 0 radical (unpaired) electrons. The van der Waals surface area contributed by atoms with Gasteiger partial charge in [0.2, 0.25) is 0 Å². The minimum Gasteiger partial charge on any atom is -0.347 e. The number of allylic oxidation sites excluding steroid dienone is 1. The molecule has 0 fully saturated rings. The highest BCUT2D eigenvalue weighted by molar-refractivity contribution is 14.1. The summed E-state index contributed by atoms with van der Waals surface area (Å²) in [6.07, 6.45) is 6.17. The van der Waals surface area contributed by atoms with Crippen molar-refractivity contribution in [1.82, 2.24) is 5.32 Å². The molecule has 1 atom stereocenters. The van der Waals surface area contributed by atoms with E-state index in [1.807, 2.05) is 0 Å². The summed E-state index contributed by atoms with van der Waals surface area (Å²) >= 11 is 2.40. The Labute approximate surface area is 92.8 Å². The number of rotatable bonds is 2. The first-order chi connectivity index (χ1) is 6.33.